The summed E-state index contributed by atoms with van der Waals surface area (Å²) in [4.78, 5) is 4.12. The number of nitrogens with zero attached hydrogens (tertiary/aromatic N) is 2. The highest BCUT2D eigenvalue weighted by Crippen LogP contribution is 2.19. The zero-order chi connectivity index (χ0) is 13.8. The molecule has 0 radical (unpaired) electrons. The summed E-state index contributed by atoms with van der Waals surface area (Å²) in [5.41, 5.74) is 2.19. The van der Waals surface area contributed by atoms with E-state index < -0.39 is 5.82 Å². The number of aryl methyl sites for hydroxylation is 1. The maximum atomic E-state index is 13.0. The third kappa shape index (κ3) is 3.01. The zero-order valence-corrected chi connectivity index (χ0v) is 11.0. The number of nitriles is 1. The molecule has 0 aliphatic carbocycles. The normalized spacial score (nSPS) is 10.0. The van der Waals surface area contributed by atoms with E-state index in [0.29, 0.717) is 17.9 Å². The molecule has 0 aliphatic heterocycles. The first kappa shape index (κ1) is 13.3. The van der Waals surface area contributed by atoms with Crippen LogP contribution in [0.15, 0.2) is 30.5 Å². The van der Waals surface area contributed by atoms with Gasteiger partial charge in [0.1, 0.15) is 17.7 Å². The lowest BCUT2D eigenvalue weighted by Crippen LogP contribution is -2.04. The van der Waals surface area contributed by atoms with Crippen LogP contribution in [0, 0.1) is 24.1 Å². The van der Waals surface area contributed by atoms with Crippen molar-refractivity contribution in [2.75, 3.05) is 5.32 Å². The number of anilines is 1. The van der Waals surface area contributed by atoms with Crippen LogP contribution in [0.1, 0.15) is 16.7 Å². The first-order valence-corrected chi connectivity index (χ1v) is 6.03. The van der Waals surface area contributed by atoms with E-state index >= 15 is 0 Å². The quantitative estimate of drug-likeness (QED) is 0.930. The molecule has 0 fully saturated rings. The summed E-state index contributed by atoms with van der Waals surface area (Å²) in [6, 6.07) is 8.38. The van der Waals surface area contributed by atoms with Crippen molar-refractivity contribution in [3.05, 3.63) is 58.0 Å². The number of halogens is 2. The van der Waals surface area contributed by atoms with E-state index in [1.807, 2.05) is 6.92 Å². The molecule has 1 aromatic heterocycles. The number of pyridine rings is 1. The van der Waals surface area contributed by atoms with Gasteiger partial charge in [0, 0.05) is 12.7 Å². The van der Waals surface area contributed by atoms with Gasteiger partial charge in [0.15, 0.2) is 0 Å². The Labute approximate surface area is 115 Å². The van der Waals surface area contributed by atoms with Gasteiger partial charge in [-0.25, -0.2) is 9.37 Å². The molecule has 0 bridgehead atoms. The van der Waals surface area contributed by atoms with Crippen molar-refractivity contribution < 1.29 is 4.39 Å². The minimum atomic E-state index is -0.447. The van der Waals surface area contributed by atoms with Gasteiger partial charge in [-0.3, -0.25) is 0 Å². The van der Waals surface area contributed by atoms with Crippen LogP contribution in [0.2, 0.25) is 5.02 Å². The van der Waals surface area contributed by atoms with Crippen LogP contribution in [0.3, 0.4) is 0 Å². The summed E-state index contributed by atoms with van der Waals surface area (Å²) in [5, 5.41) is 12.2. The van der Waals surface area contributed by atoms with Gasteiger partial charge >= 0.3 is 0 Å². The first-order valence-electron chi connectivity index (χ1n) is 5.65. The Bertz CT molecular complexity index is 650. The second-order valence-corrected chi connectivity index (χ2v) is 4.47. The third-order valence-corrected chi connectivity index (χ3v) is 3.00. The molecule has 0 aliphatic rings. The lowest BCUT2D eigenvalue weighted by Gasteiger charge is -2.09. The second kappa shape index (κ2) is 5.68. The molecule has 1 aromatic carbocycles. The summed E-state index contributed by atoms with van der Waals surface area (Å²) < 4.78 is 13.0. The van der Waals surface area contributed by atoms with Crippen molar-refractivity contribution in [1.29, 1.82) is 5.26 Å². The molecule has 19 heavy (non-hydrogen) atoms. The number of hydrogen-bond acceptors (Lipinski definition) is 3. The average molecular weight is 276 g/mol. The Morgan fingerprint density at radius 1 is 1.42 bits per heavy atom. The fourth-order valence-electron chi connectivity index (χ4n) is 1.67. The molecule has 1 N–H and O–H groups in total. The van der Waals surface area contributed by atoms with Crippen LogP contribution in [0.5, 0.6) is 0 Å². The van der Waals surface area contributed by atoms with E-state index in [9.17, 15) is 4.39 Å². The van der Waals surface area contributed by atoms with Crippen LogP contribution in [-0.4, -0.2) is 4.98 Å². The van der Waals surface area contributed by atoms with Crippen molar-refractivity contribution in [3.63, 3.8) is 0 Å². The smallest absolute Gasteiger partial charge is 0.144 e. The van der Waals surface area contributed by atoms with Gasteiger partial charge in [-0.2, -0.15) is 5.26 Å². The molecule has 2 aromatic rings. The summed E-state index contributed by atoms with van der Waals surface area (Å²) in [7, 11) is 0. The van der Waals surface area contributed by atoms with Gasteiger partial charge in [-0.1, -0.05) is 17.7 Å². The predicted octanol–water partition coefficient (Wildman–Crippen LogP) is 3.67. The summed E-state index contributed by atoms with van der Waals surface area (Å²) >= 11 is 5.71. The van der Waals surface area contributed by atoms with Crippen molar-refractivity contribution in [3.8, 4) is 6.07 Å². The molecule has 0 saturated heterocycles. The number of rotatable bonds is 3. The fourth-order valence-corrected chi connectivity index (χ4v) is 1.87. The zero-order valence-electron chi connectivity index (χ0n) is 10.2. The van der Waals surface area contributed by atoms with Gasteiger partial charge in [0.25, 0.3) is 0 Å². The molecule has 0 atom stereocenters. The van der Waals surface area contributed by atoms with Crippen LogP contribution < -0.4 is 5.32 Å². The molecule has 0 unspecified atom stereocenters. The Morgan fingerprint density at radius 2 is 2.21 bits per heavy atom. The number of benzene rings is 1. The van der Waals surface area contributed by atoms with Crippen molar-refractivity contribution in [2.45, 2.75) is 13.5 Å². The molecule has 0 saturated carbocycles. The summed E-state index contributed by atoms with van der Waals surface area (Å²) in [5.74, 6) is 0.0692. The van der Waals surface area contributed by atoms with Crippen molar-refractivity contribution in [2.24, 2.45) is 0 Å². The highest BCUT2D eigenvalue weighted by atomic mass is 35.5. The van der Waals surface area contributed by atoms with Crippen LogP contribution in [0.25, 0.3) is 0 Å². The molecule has 96 valence electrons. The van der Waals surface area contributed by atoms with Gasteiger partial charge in [-0.15, -0.1) is 0 Å². The van der Waals surface area contributed by atoms with Crippen molar-refractivity contribution >= 4 is 17.4 Å². The fraction of sp³-hybridized carbons (Fsp3) is 0.143. The standard InChI is InChI=1S/C14H11ClFN3/c1-9-4-5-18-14(11(9)7-17)19-8-10-2-3-13(16)12(15)6-10/h2-6H,8H2,1H3,(H,18,19). The second-order valence-electron chi connectivity index (χ2n) is 4.07. The van der Waals surface area contributed by atoms with E-state index in [-0.39, 0.29) is 5.02 Å². The Balaban J connectivity index is 2.17. The molecule has 3 nitrogen and oxygen atoms in total. The van der Waals surface area contributed by atoms with Crippen LogP contribution in [0.4, 0.5) is 10.2 Å². The number of nitrogens with one attached hydrogen (secondary N) is 1. The number of hydrogen-bond donors (Lipinski definition) is 1. The van der Waals surface area contributed by atoms with Gasteiger partial charge in [0.05, 0.1) is 10.6 Å². The monoisotopic (exact) mass is 275 g/mol. The molecular formula is C14H11ClFN3. The maximum Gasteiger partial charge on any atom is 0.144 e. The average Bonchev–Trinajstić information content (AvgIpc) is 2.40. The number of aromatic nitrogens is 1. The van der Waals surface area contributed by atoms with Crippen molar-refractivity contribution in [1.82, 2.24) is 4.98 Å². The van der Waals surface area contributed by atoms with E-state index in [1.54, 1.807) is 24.4 Å². The molecule has 1 heterocycles. The summed E-state index contributed by atoms with van der Waals surface area (Å²) in [6.45, 7) is 2.27. The van der Waals surface area contributed by atoms with Crippen LogP contribution in [-0.2, 0) is 6.54 Å². The lowest BCUT2D eigenvalue weighted by molar-refractivity contribution is 0.627. The minimum Gasteiger partial charge on any atom is -0.365 e. The molecule has 0 amide bonds. The largest absolute Gasteiger partial charge is 0.365 e. The van der Waals surface area contributed by atoms with E-state index in [4.69, 9.17) is 16.9 Å². The molecular weight excluding hydrogens is 265 g/mol. The Morgan fingerprint density at radius 3 is 2.89 bits per heavy atom. The van der Waals surface area contributed by atoms with Gasteiger partial charge < -0.3 is 5.32 Å². The van der Waals surface area contributed by atoms with E-state index in [0.717, 1.165) is 11.1 Å². The molecule has 5 heteroatoms. The minimum absolute atomic E-state index is 0.0806. The van der Waals surface area contributed by atoms with Gasteiger partial charge in [-0.05, 0) is 36.2 Å². The summed E-state index contributed by atoms with van der Waals surface area (Å²) in [6.07, 6.45) is 1.64. The highest BCUT2D eigenvalue weighted by molar-refractivity contribution is 6.30. The van der Waals surface area contributed by atoms with Crippen LogP contribution >= 0.6 is 11.6 Å². The third-order valence-electron chi connectivity index (χ3n) is 2.72. The highest BCUT2D eigenvalue weighted by Gasteiger charge is 2.06. The topological polar surface area (TPSA) is 48.7 Å². The van der Waals surface area contributed by atoms with E-state index in [2.05, 4.69) is 16.4 Å². The van der Waals surface area contributed by atoms with E-state index in [1.165, 1.54) is 6.07 Å². The predicted molar refractivity (Wildman–Crippen MR) is 72.4 cm³/mol. The van der Waals surface area contributed by atoms with Gasteiger partial charge in [0.2, 0.25) is 0 Å². The first-order chi connectivity index (χ1) is 9.11. The SMILES string of the molecule is Cc1ccnc(NCc2ccc(F)c(Cl)c2)c1C#N. The Hall–Kier alpha value is -2.12. The lowest BCUT2D eigenvalue weighted by atomic mass is 10.1. The molecule has 0 spiro atoms. The Kier molecular flexibility index (Phi) is 3.98. The molecule has 2 rings (SSSR count). The maximum absolute atomic E-state index is 13.0.